The van der Waals surface area contributed by atoms with Crippen LogP contribution in [0, 0.1) is 0 Å². The van der Waals surface area contributed by atoms with Gasteiger partial charge in [0.2, 0.25) is 10.0 Å². The molecule has 11 heteroatoms. The lowest BCUT2D eigenvalue weighted by Crippen LogP contribution is -2.20. The van der Waals surface area contributed by atoms with E-state index in [1.807, 2.05) is 20.8 Å². The molecular weight excluding hydrogens is 448 g/mol. The van der Waals surface area contributed by atoms with Crippen LogP contribution in [0.5, 0.6) is 5.75 Å². The largest absolute Gasteiger partial charge is 0.492 e. The Bertz CT molecular complexity index is 1320. The molecule has 1 aromatic heterocycles. The number of carbonyl (C=O) groups is 1. The topological polar surface area (TPSA) is 133 Å². The van der Waals surface area contributed by atoms with Crippen LogP contribution in [0.3, 0.4) is 0 Å². The second kappa shape index (κ2) is 8.58. The van der Waals surface area contributed by atoms with E-state index in [4.69, 9.17) is 4.74 Å². The summed E-state index contributed by atoms with van der Waals surface area (Å²) in [6, 6.07) is 9.92. The lowest BCUT2D eigenvalue weighted by Gasteiger charge is -2.24. The first-order valence-electron chi connectivity index (χ1n) is 10.0. The Morgan fingerprint density at radius 3 is 2.30 bits per heavy atom. The molecule has 0 bridgehead atoms. The monoisotopic (exact) mass is 476 g/mol. The summed E-state index contributed by atoms with van der Waals surface area (Å²) in [6.45, 7) is 5.89. The van der Waals surface area contributed by atoms with Crippen LogP contribution in [0.15, 0.2) is 36.4 Å². The number of methoxy groups -OCH3 is 1. The van der Waals surface area contributed by atoms with Crippen molar-refractivity contribution in [3.05, 3.63) is 47.7 Å². The molecule has 1 heterocycles. The number of para-hydroxylation sites is 1. The van der Waals surface area contributed by atoms with Gasteiger partial charge in [0.05, 0.1) is 30.3 Å². The van der Waals surface area contributed by atoms with Crippen LogP contribution >= 0.6 is 0 Å². The van der Waals surface area contributed by atoms with Crippen molar-refractivity contribution in [3.8, 4) is 5.75 Å². The van der Waals surface area contributed by atoms with E-state index in [0.717, 1.165) is 11.8 Å². The number of hydrogen-bond acceptors (Lipinski definition) is 7. The van der Waals surface area contributed by atoms with E-state index in [1.54, 1.807) is 37.4 Å². The Hall–Kier alpha value is -3.28. The van der Waals surface area contributed by atoms with Gasteiger partial charge in [0, 0.05) is 12.4 Å². The maximum atomic E-state index is 13.2. The summed E-state index contributed by atoms with van der Waals surface area (Å²) in [5.74, 6) is -0.324. The molecule has 3 aromatic rings. The van der Waals surface area contributed by atoms with Gasteiger partial charge in [-0.1, -0.05) is 32.9 Å². The van der Waals surface area contributed by atoms with Crippen molar-refractivity contribution in [2.45, 2.75) is 26.2 Å². The van der Waals surface area contributed by atoms with Gasteiger partial charge < -0.3 is 14.6 Å². The van der Waals surface area contributed by atoms with Gasteiger partial charge in [-0.25, -0.2) is 8.42 Å². The maximum Gasteiger partial charge on any atom is 0.272 e. The van der Waals surface area contributed by atoms with E-state index in [9.17, 15) is 23.6 Å². The molecule has 2 aromatic carbocycles. The van der Waals surface area contributed by atoms with E-state index >= 15 is 0 Å². The number of sulfonamides is 1. The molecule has 4 N–H and O–H groups in total. The summed E-state index contributed by atoms with van der Waals surface area (Å²) in [5.41, 5.74) is 1.74. The van der Waals surface area contributed by atoms with Crippen LogP contribution in [-0.2, 0) is 22.5 Å². The smallest absolute Gasteiger partial charge is 0.272 e. The summed E-state index contributed by atoms with van der Waals surface area (Å²) in [4.78, 5) is 13.2. The number of nitrogens with zero attached hydrogens (tertiary/aromatic N) is 2. The first-order valence-corrected chi connectivity index (χ1v) is 11.9. The molecule has 0 saturated heterocycles. The number of amides is 1. The lowest BCUT2D eigenvalue weighted by atomic mass is 9.86. The second-order valence-corrected chi connectivity index (χ2v) is 10.5. The Morgan fingerprint density at radius 2 is 1.76 bits per heavy atom. The quantitative estimate of drug-likeness (QED) is 0.399. The molecule has 0 aliphatic rings. The maximum absolute atomic E-state index is 13.2. The highest BCUT2D eigenvalue weighted by Crippen LogP contribution is 2.39. The Labute approximate surface area is 192 Å². The average Bonchev–Trinajstić information content (AvgIpc) is 3.02. The van der Waals surface area contributed by atoms with E-state index in [-0.39, 0.29) is 39.1 Å². The number of ether oxygens (including phenoxy) is 1. The highest BCUT2D eigenvalue weighted by Gasteiger charge is 2.24. The molecule has 0 spiro atoms. The highest BCUT2D eigenvalue weighted by molar-refractivity contribution is 7.92. The molecule has 0 radical (unpaired) electrons. The number of fused-ring (bicyclic) bond motifs is 1. The number of aryl methyl sites for hydroxylation is 1. The van der Waals surface area contributed by atoms with Gasteiger partial charge in [-0.3, -0.25) is 19.9 Å². The zero-order valence-electron chi connectivity index (χ0n) is 19.3. The minimum absolute atomic E-state index is 0.00296. The molecule has 0 fully saturated rings. The molecule has 178 valence electrons. The fourth-order valence-electron chi connectivity index (χ4n) is 3.61. The zero-order chi connectivity index (χ0) is 24.7. The first kappa shape index (κ1) is 24.4. The minimum atomic E-state index is -3.61. The number of rotatable bonds is 6. The van der Waals surface area contributed by atoms with Crippen LogP contribution in [-0.4, -0.2) is 42.7 Å². The average molecular weight is 477 g/mol. The Balaban J connectivity index is 2.12. The number of benzene rings is 2. The van der Waals surface area contributed by atoms with Gasteiger partial charge in [0.1, 0.15) is 11.4 Å². The summed E-state index contributed by atoms with van der Waals surface area (Å²) in [6.07, 6.45) is 1.03. The van der Waals surface area contributed by atoms with Gasteiger partial charge in [0.15, 0.2) is 5.75 Å². The molecule has 0 aliphatic heterocycles. The standard InChI is InChI=1S/C22H28N4O6S/c1-22(2,3)14-11-15(20(32-5)16(12-14)24-33(6,30)31)23-21(27)18-10-13-8-7-9-17(26(28)29)19(13)25(18)4/h7-12,24,28-29H,1-6H3,(H,23,27). The van der Waals surface area contributed by atoms with E-state index in [2.05, 4.69) is 10.0 Å². The van der Waals surface area contributed by atoms with Crippen LogP contribution in [0.25, 0.3) is 10.9 Å². The summed E-state index contributed by atoms with van der Waals surface area (Å²) >= 11 is 0. The zero-order valence-corrected chi connectivity index (χ0v) is 20.1. The third-order valence-corrected chi connectivity index (χ3v) is 5.78. The van der Waals surface area contributed by atoms with E-state index < -0.39 is 15.9 Å². The predicted octanol–water partition coefficient (Wildman–Crippen LogP) is 3.69. The predicted molar refractivity (Wildman–Crippen MR) is 127 cm³/mol. The van der Waals surface area contributed by atoms with Crippen molar-refractivity contribution in [2.75, 3.05) is 28.6 Å². The molecule has 1 amide bonds. The van der Waals surface area contributed by atoms with Crippen molar-refractivity contribution in [1.29, 1.82) is 0 Å². The molecule has 10 nitrogen and oxygen atoms in total. The highest BCUT2D eigenvalue weighted by atomic mass is 32.2. The van der Waals surface area contributed by atoms with Crippen LogP contribution in [0.4, 0.5) is 17.1 Å². The van der Waals surface area contributed by atoms with Gasteiger partial charge in [-0.05, 0) is 35.2 Å². The van der Waals surface area contributed by atoms with Crippen LogP contribution in [0.1, 0.15) is 36.8 Å². The third kappa shape index (κ3) is 5.05. The molecular formula is C22H28N4O6S. The molecule has 33 heavy (non-hydrogen) atoms. The molecule has 0 unspecified atom stereocenters. The number of aromatic nitrogens is 1. The lowest BCUT2D eigenvalue weighted by molar-refractivity contribution is 0.0298. The van der Waals surface area contributed by atoms with Crippen molar-refractivity contribution in [3.63, 3.8) is 0 Å². The second-order valence-electron chi connectivity index (χ2n) is 8.78. The normalized spacial score (nSPS) is 12.0. The number of carbonyl (C=O) groups excluding carboxylic acids is 1. The van der Waals surface area contributed by atoms with Crippen molar-refractivity contribution in [2.24, 2.45) is 7.05 Å². The summed E-state index contributed by atoms with van der Waals surface area (Å²) in [7, 11) is -0.592. The van der Waals surface area contributed by atoms with Gasteiger partial charge in [-0.2, -0.15) is 0 Å². The molecule has 0 saturated carbocycles. The van der Waals surface area contributed by atoms with Crippen LogP contribution in [0.2, 0.25) is 0 Å². The molecule has 0 aliphatic carbocycles. The van der Waals surface area contributed by atoms with Crippen molar-refractivity contribution >= 4 is 43.9 Å². The fourth-order valence-corrected chi connectivity index (χ4v) is 4.16. The number of nitrogens with one attached hydrogen (secondary N) is 2. The SMILES string of the molecule is COc1c(NC(=O)c2cc3cccc(N(O)O)c3n2C)cc(C(C)(C)C)cc1NS(C)(=O)=O. The first-order chi connectivity index (χ1) is 15.2. The summed E-state index contributed by atoms with van der Waals surface area (Å²) < 4.78 is 33.3. The fraction of sp³-hybridized carbons (Fsp3) is 0.318. The van der Waals surface area contributed by atoms with Gasteiger partial charge in [-0.15, -0.1) is 5.23 Å². The summed E-state index contributed by atoms with van der Waals surface area (Å²) in [5, 5.41) is 22.5. The Morgan fingerprint density at radius 1 is 1.12 bits per heavy atom. The van der Waals surface area contributed by atoms with Crippen molar-refractivity contribution < 1.29 is 28.4 Å². The molecule has 3 rings (SSSR count). The van der Waals surface area contributed by atoms with E-state index in [0.29, 0.717) is 10.9 Å². The van der Waals surface area contributed by atoms with Gasteiger partial charge in [0.25, 0.3) is 5.91 Å². The van der Waals surface area contributed by atoms with E-state index in [1.165, 1.54) is 17.7 Å². The minimum Gasteiger partial charge on any atom is -0.492 e. The van der Waals surface area contributed by atoms with Gasteiger partial charge >= 0.3 is 0 Å². The third-order valence-electron chi connectivity index (χ3n) is 5.19. The molecule has 0 atom stereocenters. The number of anilines is 3. The Kier molecular flexibility index (Phi) is 6.33. The van der Waals surface area contributed by atoms with Crippen LogP contribution < -0.4 is 20.0 Å². The number of hydrogen-bond donors (Lipinski definition) is 4. The van der Waals surface area contributed by atoms with Crippen molar-refractivity contribution in [1.82, 2.24) is 4.57 Å².